The average molecular weight is 308 g/mol. The Kier molecular flexibility index (Phi) is 6.85. The Hall–Kier alpha value is -2.08. The summed E-state index contributed by atoms with van der Waals surface area (Å²) in [6.45, 7) is 7.67. The molecular weight excluding hydrogens is 284 g/mol. The van der Waals surface area contributed by atoms with E-state index in [9.17, 15) is 9.59 Å². The number of hydroxylamine groups is 1. The van der Waals surface area contributed by atoms with Crippen molar-refractivity contribution in [1.29, 1.82) is 0 Å². The maximum absolute atomic E-state index is 11.4. The minimum absolute atomic E-state index is 0.138. The number of amides is 1. The molecule has 1 amide bonds. The first-order chi connectivity index (χ1) is 10.4. The van der Waals surface area contributed by atoms with Crippen LogP contribution in [0.1, 0.15) is 39.2 Å². The number of rotatable bonds is 7. The van der Waals surface area contributed by atoms with Crippen LogP contribution in [0, 0.1) is 0 Å². The van der Waals surface area contributed by atoms with E-state index in [1.165, 1.54) is 18.9 Å². The summed E-state index contributed by atoms with van der Waals surface area (Å²) >= 11 is 0. The van der Waals surface area contributed by atoms with Crippen molar-refractivity contribution < 1.29 is 19.2 Å². The first-order valence-corrected chi connectivity index (χ1v) is 7.22. The second-order valence-electron chi connectivity index (χ2n) is 5.25. The van der Waals surface area contributed by atoms with Crippen LogP contribution in [0.15, 0.2) is 18.2 Å². The van der Waals surface area contributed by atoms with Crippen LogP contribution in [-0.2, 0) is 19.2 Å². The SMILES string of the molecule is COCCN(OC(C)=O)c1cccc(NC(C)=O)c1C(C)C. The largest absolute Gasteiger partial charge is 0.383 e. The van der Waals surface area contributed by atoms with Crippen molar-refractivity contribution in [1.82, 2.24) is 0 Å². The molecule has 0 saturated heterocycles. The van der Waals surface area contributed by atoms with Gasteiger partial charge in [-0.05, 0) is 18.1 Å². The third kappa shape index (κ3) is 5.04. The third-order valence-electron chi connectivity index (χ3n) is 2.98. The van der Waals surface area contributed by atoms with Crippen molar-refractivity contribution >= 4 is 23.3 Å². The van der Waals surface area contributed by atoms with Crippen LogP contribution in [0.25, 0.3) is 0 Å². The Balaban J connectivity index is 3.27. The van der Waals surface area contributed by atoms with E-state index in [-0.39, 0.29) is 11.8 Å². The molecule has 0 atom stereocenters. The maximum atomic E-state index is 11.4. The lowest BCUT2D eigenvalue weighted by atomic mass is 9.98. The van der Waals surface area contributed by atoms with Gasteiger partial charge in [-0.3, -0.25) is 9.59 Å². The molecule has 0 aromatic heterocycles. The number of carbonyl (C=O) groups excluding carboxylic acids is 2. The molecule has 0 radical (unpaired) electrons. The van der Waals surface area contributed by atoms with E-state index < -0.39 is 5.97 Å². The average Bonchev–Trinajstić information content (AvgIpc) is 2.41. The van der Waals surface area contributed by atoms with Gasteiger partial charge < -0.3 is 14.9 Å². The van der Waals surface area contributed by atoms with E-state index in [1.807, 2.05) is 32.0 Å². The smallest absolute Gasteiger partial charge is 0.329 e. The quantitative estimate of drug-likeness (QED) is 0.784. The number of methoxy groups -OCH3 is 1. The first kappa shape index (κ1) is 18.0. The predicted octanol–water partition coefficient (Wildman–Crippen LogP) is 2.70. The van der Waals surface area contributed by atoms with E-state index in [2.05, 4.69) is 5.32 Å². The second kappa shape index (κ2) is 8.38. The molecule has 0 aliphatic rings. The first-order valence-electron chi connectivity index (χ1n) is 7.22. The molecule has 22 heavy (non-hydrogen) atoms. The number of nitrogens with zero attached hydrogens (tertiary/aromatic N) is 1. The van der Waals surface area contributed by atoms with Gasteiger partial charge in [0.2, 0.25) is 5.91 Å². The van der Waals surface area contributed by atoms with Gasteiger partial charge in [0.15, 0.2) is 0 Å². The molecule has 1 N–H and O–H groups in total. The summed E-state index contributed by atoms with van der Waals surface area (Å²) in [7, 11) is 1.59. The Bertz CT molecular complexity index is 529. The van der Waals surface area contributed by atoms with Crippen molar-refractivity contribution in [3.8, 4) is 0 Å². The number of hydrogen-bond acceptors (Lipinski definition) is 5. The summed E-state index contributed by atoms with van der Waals surface area (Å²) in [5.41, 5.74) is 2.37. The zero-order valence-corrected chi connectivity index (χ0v) is 13.8. The lowest BCUT2D eigenvalue weighted by Crippen LogP contribution is -2.31. The minimum atomic E-state index is -0.407. The zero-order chi connectivity index (χ0) is 16.7. The Morgan fingerprint density at radius 1 is 1.27 bits per heavy atom. The summed E-state index contributed by atoms with van der Waals surface area (Å²) in [5, 5.41) is 4.33. The van der Waals surface area contributed by atoms with Gasteiger partial charge in [0.05, 0.1) is 18.8 Å². The van der Waals surface area contributed by atoms with Gasteiger partial charge in [-0.1, -0.05) is 19.9 Å². The van der Waals surface area contributed by atoms with E-state index in [0.717, 1.165) is 16.9 Å². The topological polar surface area (TPSA) is 67.9 Å². The minimum Gasteiger partial charge on any atom is -0.383 e. The van der Waals surface area contributed by atoms with Gasteiger partial charge in [-0.15, -0.1) is 0 Å². The van der Waals surface area contributed by atoms with Gasteiger partial charge in [0, 0.05) is 32.2 Å². The highest BCUT2D eigenvalue weighted by Gasteiger charge is 2.19. The molecule has 6 nitrogen and oxygen atoms in total. The van der Waals surface area contributed by atoms with Crippen LogP contribution in [0.2, 0.25) is 0 Å². The predicted molar refractivity (Wildman–Crippen MR) is 85.8 cm³/mol. The van der Waals surface area contributed by atoms with E-state index in [4.69, 9.17) is 9.57 Å². The number of benzene rings is 1. The van der Waals surface area contributed by atoms with Gasteiger partial charge in [0.1, 0.15) is 0 Å². The fraction of sp³-hybridized carbons (Fsp3) is 0.500. The molecular formula is C16H24N2O4. The number of nitrogens with one attached hydrogen (secondary N) is 1. The molecule has 0 spiro atoms. The molecule has 1 rings (SSSR count). The normalized spacial score (nSPS) is 10.5. The zero-order valence-electron chi connectivity index (χ0n) is 13.8. The fourth-order valence-corrected chi connectivity index (χ4v) is 2.22. The van der Waals surface area contributed by atoms with Crippen molar-refractivity contribution in [2.75, 3.05) is 30.6 Å². The molecule has 0 aliphatic heterocycles. The van der Waals surface area contributed by atoms with Crippen LogP contribution in [-0.4, -0.2) is 32.1 Å². The molecule has 0 aliphatic carbocycles. The number of hydrogen-bond donors (Lipinski definition) is 1. The van der Waals surface area contributed by atoms with E-state index in [0.29, 0.717) is 13.2 Å². The van der Waals surface area contributed by atoms with Crippen LogP contribution >= 0.6 is 0 Å². The highest BCUT2D eigenvalue weighted by atomic mass is 16.7. The third-order valence-corrected chi connectivity index (χ3v) is 2.98. The van der Waals surface area contributed by atoms with Crippen LogP contribution in [0.5, 0.6) is 0 Å². The van der Waals surface area contributed by atoms with Crippen molar-refractivity contribution in [2.24, 2.45) is 0 Å². The van der Waals surface area contributed by atoms with Gasteiger partial charge >= 0.3 is 5.97 Å². The van der Waals surface area contributed by atoms with Crippen molar-refractivity contribution in [3.05, 3.63) is 23.8 Å². The summed E-state index contributed by atoms with van der Waals surface area (Å²) in [6.07, 6.45) is 0. The lowest BCUT2D eigenvalue weighted by Gasteiger charge is -2.27. The maximum Gasteiger partial charge on any atom is 0.329 e. The highest BCUT2D eigenvalue weighted by Crippen LogP contribution is 2.34. The molecule has 6 heteroatoms. The standard InChI is InChI=1S/C16H24N2O4/c1-11(2)16-14(17-12(3)19)7-6-8-15(16)18(9-10-21-5)22-13(4)20/h6-8,11H,9-10H2,1-5H3,(H,17,19). The molecule has 0 heterocycles. The number of ether oxygens (including phenoxy) is 1. The number of carbonyl (C=O) groups is 2. The molecule has 0 fully saturated rings. The Morgan fingerprint density at radius 3 is 2.45 bits per heavy atom. The lowest BCUT2D eigenvalue weighted by molar-refractivity contribution is -0.142. The molecule has 122 valence electrons. The summed E-state index contributed by atoms with van der Waals surface area (Å²) in [6, 6.07) is 5.51. The monoisotopic (exact) mass is 308 g/mol. The van der Waals surface area contributed by atoms with E-state index in [1.54, 1.807) is 7.11 Å². The van der Waals surface area contributed by atoms with E-state index >= 15 is 0 Å². The van der Waals surface area contributed by atoms with Crippen LogP contribution in [0.3, 0.4) is 0 Å². The van der Waals surface area contributed by atoms with Gasteiger partial charge in [0.25, 0.3) is 0 Å². The molecule has 1 aromatic rings. The highest BCUT2D eigenvalue weighted by molar-refractivity contribution is 5.91. The van der Waals surface area contributed by atoms with Gasteiger partial charge in [-0.2, -0.15) is 0 Å². The molecule has 1 aromatic carbocycles. The van der Waals surface area contributed by atoms with Crippen LogP contribution in [0.4, 0.5) is 11.4 Å². The summed E-state index contributed by atoms with van der Waals surface area (Å²) < 4.78 is 5.07. The van der Waals surface area contributed by atoms with Crippen LogP contribution < -0.4 is 10.4 Å². The second-order valence-corrected chi connectivity index (χ2v) is 5.25. The van der Waals surface area contributed by atoms with Gasteiger partial charge in [-0.25, -0.2) is 5.06 Å². The Labute approximate surface area is 131 Å². The van der Waals surface area contributed by atoms with Crippen molar-refractivity contribution in [2.45, 2.75) is 33.6 Å². The fourth-order valence-electron chi connectivity index (χ4n) is 2.22. The summed E-state index contributed by atoms with van der Waals surface area (Å²) in [5.74, 6) is -0.413. The van der Waals surface area contributed by atoms with Crippen molar-refractivity contribution in [3.63, 3.8) is 0 Å². The molecule has 0 bridgehead atoms. The number of anilines is 2. The Morgan fingerprint density at radius 2 is 1.95 bits per heavy atom. The molecule has 0 unspecified atom stereocenters. The summed E-state index contributed by atoms with van der Waals surface area (Å²) in [4.78, 5) is 28.0. The molecule has 0 saturated carbocycles.